The third-order valence-corrected chi connectivity index (χ3v) is 5.48. The zero-order chi connectivity index (χ0) is 16.4. The third-order valence-electron chi connectivity index (χ3n) is 5.48. The molecule has 3 heteroatoms. The highest BCUT2D eigenvalue weighted by Crippen LogP contribution is 2.41. The highest BCUT2D eigenvalue weighted by atomic mass is 19.1. The van der Waals surface area contributed by atoms with Gasteiger partial charge in [0.05, 0.1) is 0 Å². The van der Waals surface area contributed by atoms with Crippen LogP contribution in [0.1, 0.15) is 30.7 Å². The van der Waals surface area contributed by atoms with Crippen LogP contribution in [0.2, 0.25) is 0 Å². The summed E-state index contributed by atoms with van der Waals surface area (Å²) in [6, 6.07) is 21.4. The topological polar surface area (TPSA) is 15.3 Å². The Morgan fingerprint density at radius 1 is 0.958 bits per heavy atom. The number of para-hydroxylation sites is 1. The molecule has 2 fully saturated rings. The molecule has 1 saturated heterocycles. The number of hydrogen-bond donors (Lipinski definition) is 1. The molecule has 1 aliphatic carbocycles. The number of rotatable bonds is 5. The summed E-state index contributed by atoms with van der Waals surface area (Å²) in [5, 5.41) is 3.48. The van der Waals surface area contributed by atoms with E-state index in [4.69, 9.17) is 0 Å². The number of piperidine rings is 1. The number of benzene rings is 2. The van der Waals surface area contributed by atoms with Gasteiger partial charge in [0, 0.05) is 50.1 Å². The second-order valence-corrected chi connectivity index (χ2v) is 7.21. The first-order valence-electron chi connectivity index (χ1n) is 9.01. The predicted octanol–water partition coefficient (Wildman–Crippen LogP) is 4.14. The first kappa shape index (κ1) is 15.6. The summed E-state index contributed by atoms with van der Waals surface area (Å²) in [6.07, 6.45) is 2.35. The molecule has 0 aromatic heterocycles. The van der Waals surface area contributed by atoms with Crippen molar-refractivity contribution in [1.82, 2.24) is 5.32 Å². The molecule has 1 N–H and O–H groups in total. The molecule has 0 unspecified atom stereocenters. The lowest BCUT2D eigenvalue weighted by Gasteiger charge is -2.38. The zero-order valence-corrected chi connectivity index (χ0v) is 14.0. The predicted molar refractivity (Wildman–Crippen MR) is 97.3 cm³/mol. The van der Waals surface area contributed by atoms with Gasteiger partial charge < -0.3 is 10.2 Å². The quantitative estimate of drug-likeness (QED) is 0.889. The van der Waals surface area contributed by atoms with Crippen molar-refractivity contribution >= 4 is 5.69 Å². The maximum atomic E-state index is 15.1. The van der Waals surface area contributed by atoms with Crippen molar-refractivity contribution in [1.29, 1.82) is 0 Å². The molecule has 1 heterocycles. The van der Waals surface area contributed by atoms with Gasteiger partial charge in [-0.05, 0) is 24.1 Å². The summed E-state index contributed by atoms with van der Waals surface area (Å²) in [6.45, 7) is 2.09. The lowest BCUT2D eigenvalue weighted by molar-refractivity contribution is 0.122. The fourth-order valence-corrected chi connectivity index (χ4v) is 3.78. The molecular formula is C21H25FN2. The first-order chi connectivity index (χ1) is 11.7. The minimum atomic E-state index is -1.06. The smallest absolute Gasteiger partial charge is 0.126 e. The Morgan fingerprint density at radius 3 is 2.25 bits per heavy atom. The summed E-state index contributed by atoms with van der Waals surface area (Å²) >= 11 is 0. The molecule has 1 aliphatic heterocycles. The van der Waals surface area contributed by atoms with Gasteiger partial charge in [-0.1, -0.05) is 48.5 Å². The number of anilines is 1. The van der Waals surface area contributed by atoms with E-state index in [1.807, 2.05) is 24.3 Å². The molecule has 2 aliphatic rings. The van der Waals surface area contributed by atoms with Crippen LogP contribution in [0, 0.1) is 0 Å². The van der Waals surface area contributed by atoms with Crippen molar-refractivity contribution in [2.24, 2.45) is 0 Å². The second kappa shape index (κ2) is 6.56. The van der Waals surface area contributed by atoms with E-state index in [1.54, 1.807) is 0 Å². The van der Waals surface area contributed by atoms with Crippen LogP contribution in [-0.4, -0.2) is 31.3 Å². The van der Waals surface area contributed by atoms with E-state index in [1.165, 1.54) is 11.3 Å². The standard InChI is InChI=1S/C21H25FN2/c22-21(11-13-24(14-12-21)18-9-5-2-6-10-18)16-23-20-15-19(20)17-7-3-1-4-8-17/h1-10,19-20,23H,11-16H2/t19-,20+/m0/s1. The largest absolute Gasteiger partial charge is 0.371 e. The normalized spacial score (nSPS) is 25.5. The van der Waals surface area contributed by atoms with Gasteiger partial charge in [-0.3, -0.25) is 0 Å². The van der Waals surface area contributed by atoms with Crippen molar-refractivity contribution in [2.45, 2.75) is 36.9 Å². The average molecular weight is 324 g/mol. The van der Waals surface area contributed by atoms with E-state index < -0.39 is 5.67 Å². The van der Waals surface area contributed by atoms with Gasteiger partial charge in [0.2, 0.25) is 0 Å². The molecule has 4 rings (SSSR count). The molecule has 0 bridgehead atoms. The van der Waals surface area contributed by atoms with E-state index in [0.29, 0.717) is 31.3 Å². The summed E-state index contributed by atoms with van der Waals surface area (Å²) in [5.41, 5.74) is 1.52. The number of alkyl halides is 1. The van der Waals surface area contributed by atoms with Crippen LogP contribution in [0.5, 0.6) is 0 Å². The highest BCUT2D eigenvalue weighted by Gasteiger charge is 2.41. The molecule has 0 spiro atoms. The van der Waals surface area contributed by atoms with Crippen LogP contribution in [0.4, 0.5) is 10.1 Å². The minimum Gasteiger partial charge on any atom is -0.371 e. The third kappa shape index (κ3) is 3.46. The van der Waals surface area contributed by atoms with Gasteiger partial charge in [-0.2, -0.15) is 0 Å². The Bertz CT molecular complexity index is 650. The van der Waals surface area contributed by atoms with Gasteiger partial charge in [0.15, 0.2) is 0 Å². The summed E-state index contributed by atoms with van der Waals surface area (Å²) in [5.74, 6) is 0.569. The summed E-state index contributed by atoms with van der Waals surface area (Å²) in [4.78, 5) is 2.29. The fraction of sp³-hybridized carbons (Fsp3) is 0.429. The van der Waals surface area contributed by atoms with Gasteiger partial charge in [0.25, 0.3) is 0 Å². The van der Waals surface area contributed by atoms with Gasteiger partial charge in [0.1, 0.15) is 5.67 Å². The lowest BCUT2D eigenvalue weighted by Crippen LogP contribution is -2.47. The van der Waals surface area contributed by atoms with Gasteiger partial charge in [-0.25, -0.2) is 4.39 Å². The van der Waals surface area contributed by atoms with E-state index in [-0.39, 0.29) is 0 Å². The molecule has 2 atom stereocenters. The monoisotopic (exact) mass is 324 g/mol. The van der Waals surface area contributed by atoms with E-state index in [0.717, 1.165) is 19.5 Å². The van der Waals surface area contributed by atoms with Crippen molar-refractivity contribution in [3.63, 3.8) is 0 Å². The Balaban J connectivity index is 1.26. The Morgan fingerprint density at radius 2 is 1.58 bits per heavy atom. The second-order valence-electron chi connectivity index (χ2n) is 7.21. The van der Waals surface area contributed by atoms with E-state index in [9.17, 15) is 0 Å². The Hall–Kier alpha value is -1.87. The Kier molecular flexibility index (Phi) is 4.28. The highest BCUT2D eigenvalue weighted by molar-refractivity contribution is 5.46. The van der Waals surface area contributed by atoms with Crippen LogP contribution >= 0.6 is 0 Å². The van der Waals surface area contributed by atoms with E-state index in [2.05, 4.69) is 46.6 Å². The molecule has 0 amide bonds. The number of nitrogens with one attached hydrogen (secondary N) is 1. The molecule has 24 heavy (non-hydrogen) atoms. The SMILES string of the molecule is FC1(CN[C@@H]2C[C@H]2c2ccccc2)CCN(c2ccccc2)CC1. The van der Waals surface area contributed by atoms with Crippen molar-refractivity contribution in [3.05, 3.63) is 66.2 Å². The average Bonchev–Trinajstić information content (AvgIpc) is 3.42. The molecule has 126 valence electrons. The number of halogens is 1. The summed E-state index contributed by atoms with van der Waals surface area (Å²) in [7, 11) is 0. The van der Waals surface area contributed by atoms with E-state index >= 15 is 4.39 Å². The van der Waals surface area contributed by atoms with Crippen LogP contribution in [0.25, 0.3) is 0 Å². The van der Waals surface area contributed by atoms with Gasteiger partial charge >= 0.3 is 0 Å². The zero-order valence-electron chi connectivity index (χ0n) is 14.0. The maximum absolute atomic E-state index is 15.1. The molecule has 1 saturated carbocycles. The van der Waals surface area contributed by atoms with Crippen LogP contribution in [0.3, 0.4) is 0 Å². The lowest BCUT2D eigenvalue weighted by atomic mass is 9.92. The molecule has 0 radical (unpaired) electrons. The van der Waals surface area contributed by atoms with Crippen LogP contribution in [0.15, 0.2) is 60.7 Å². The fourth-order valence-electron chi connectivity index (χ4n) is 3.78. The molecule has 2 nitrogen and oxygen atoms in total. The van der Waals surface area contributed by atoms with Crippen LogP contribution in [-0.2, 0) is 0 Å². The molecular weight excluding hydrogens is 299 g/mol. The van der Waals surface area contributed by atoms with Gasteiger partial charge in [-0.15, -0.1) is 0 Å². The van der Waals surface area contributed by atoms with Crippen LogP contribution < -0.4 is 10.2 Å². The first-order valence-corrected chi connectivity index (χ1v) is 9.01. The number of nitrogens with zero attached hydrogens (tertiary/aromatic N) is 1. The Labute approximate surface area is 143 Å². The van der Waals surface area contributed by atoms with Crippen molar-refractivity contribution in [2.75, 3.05) is 24.5 Å². The summed E-state index contributed by atoms with van der Waals surface area (Å²) < 4.78 is 15.1. The number of hydrogen-bond acceptors (Lipinski definition) is 2. The maximum Gasteiger partial charge on any atom is 0.126 e. The molecule has 2 aromatic carbocycles. The minimum absolute atomic E-state index is 0.451. The molecule has 2 aromatic rings. The van der Waals surface area contributed by atoms with Crippen molar-refractivity contribution in [3.8, 4) is 0 Å². The van der Waals surface area contributed by atoms with Crippen molar-refractivity contribution < 1.29 is 4.39 Å².